The molecule has 0 spiro atoms. The standard InChI is InChI=1S/C16H20N4OS3/c21-14(19-20-15(22)17-11-5-1-2-6-11)9-10-23-16-18-12-7-3-4-8-13(12)24-16/h3-4,7-8,11H,1-2,5-6,9-10H2,(H,19,21)(H2,17,20,22). The third-order valence-electron chi connectivity index (χ3n) is 3.83. The average Bonchev–Trinajstić information content (AvgIpc) is 3.21. The average molecular weight is 381 g/mol. The zero-order chi connectivity index (χ0) is 16.8. The number of aromatic nitrogens is 1. The summed E-state index contributed by atoms with van der Waals surface area (Å²) in [5.41, 5.74) is 6.44. The topological polar surface area (TPSA) is 66.0 Å². The molecule has 1 aliphatic rings. The lowest BCUT2D eigenvalue weighted by molar-refractivity contribution is -0.121. The van der Waals surface area contributed by atoms with Crippen LogP contribution in [0.3, 0.4) is 0 Å². The summed E-state index contributed by atoms with van der Waals surface area (Å²) in [5, 5.41) is 3.72. The number of benzene rings is 1. The highest BCUT2D eigenvalue weighted by molar-refractivity contribution is 8.01. The molecule has 8 heteroatoms. The maximum atomic E-state index is 11.9. The Morgan fingerprint density at radius 1 is 1.29 bits per heavy atom. The Morgan fingerprint density at radius 2 is 2.08 bits per heavy atom. The predicted molar refractivity (Wildman–Crippen MR) is 104 cm³/mol. The summed E-state index contributed by atoms with van der Waals surface area (Å²) < 4.78 is 2.17. The van der Waals surface area contributed by atoms with Crippen LogP contribution in [0.2, 0.25) is 0 Å². The number of rotatable bonds is 5. The second-order valence-electron chi connectivity index (χ2n) is 5.67. The van der Waals surface area contributed by atoms with Crippen LogP contribution >= 0.6 is 35.3 Å². The highest BCUT2D eigenvalue weighted by Gasteiger charge is 2.15. The van der Waals surface area contributed by atoms with Crippen LogP contribution in [0.5, 0.6) is 0 Å². The molecule has 5 nitrogen and oxygen atoms in total. The van der Waals surface area contributed by atoms with Crippen LogP contribution in [0.1, 0.15) is 32.1 Å². The van der Waals surface area contributed by atoms with E-state index in [9.17, 15) is 4.79 Å². The fourth-order valence-electron chi connectivity index (χ4n) is 2.62. The summed E-state index contributed by atoms with van der Waals surface area (Å²) in [6.07, 6.45) is 5.20. The van der Waals surface area contributed by atoms with Gasteiger partial charge in [0.25, 0.3) is 0 Å². The second kappa shape index (κ2) is 8.64. The van der Waals surface area contributed by atoms with Crippen molar-refractivity contribution in [3.05, 3.63) is 24.3 Å². The third-order valence-corrected chi connectivity index (χ3v) is 6.24. The Bertz CT molecular complexity index is 679. The van der Waals surface area contributed by atoms with Crippen LogP contribution in [0, 0.1) is 0 Å². The SMILES string of the molecule is O=C(CCSc1nc2ccccc2s1)NNC(=S)NC1CCCC1. The number of carbonyl (C=O) groups excluding carboxylic acids is 1. The molecule has 1 heterocycles. The predicted octanol–water partition coefficient (Wildman–Crippen LogP) is 3.22. The highest BCUT2D eigenvalue weighted by Crippen LogP contribution is 2.29. The first-order valence-corrected chi connectivity index (χ1v) is 10.3. The van der Waals surface area contributed by atoms with Crippen LogP contribution in [-0.4, -0.2) is 27.8 Å². The molecule has 0 atom stereocenters. The molecule has 0 radical (unpaired) electrons. The Kier molecular flexibility index (Phi) is 6.28. The number of nitrogens with zero attached hydrogens (tertiary/aromatic N) is 1. The van der Waals surface area contributed by atoms with Gasteiger partial charge in [0, 0.05) is 18.2 Å². The Labute approximate surface area is 155 Å². The molecular weight excluding hydrogens is 360 g/mol. The second-order valence-corrected chi connectivity index (χ2v) is 8.45. The van der Waals surface area contributed by atoms with Crippen LogP contribution in [0.25, 0.3) is 10.2 Å². The molecule has 1 aromatic carbocycles. The number of thiazole rings is 1. The molecule has 1 saturated carbocycles. The first-order chi connectivity index (χ1) is 11.7. The van der Waals surface area contributed by atoms with Crippen molar-refractivity contribution >= 4 is 56.6 Å². The fraction of sp³-hybridized carbons (Fsp3) is 0.438. The van der Waals surface area contributed by atoms with Gasteiger partial charge in [-0.05, 0) is 37.2 Å². The van der Waals surface area contributed by atoms with Crippen LogP contribution < -0.4 is 16.2 Å². The van der Waals surface area contributed by atoms with Crippen molar-refractivity contribution in [3.63, 3.8) is 0 Å². The highest BCUT2D eigenvalue weighted by atomic mass is 32.2. The molecule has 1 aliphatic carbocycles. The quantitative estimate of drug-likeness (QED) is 0.420. The number of hydrazine groups is 1. The number of carbonyl (C=O) groups is 1. The van der Waals surface area contributed by atoms with Crippen molar-refractivity contribution in [2.24, 2.45) is 0 Å². The molecule has 0 unspecified atom stereocenters. The van der Waals surface area contributed by atoms with Gasteiger partial charge in [0.05, 0.1) is 10.2 Å². The monoisotopic (exact) mass is 380 g/mol. The third kappa shape index (κ3) is 5.06. The van der Waals surface area contributed by atoms with E-state index in [1.54, 1.807) is 23.1 Å². The van der Waals surface area contributed by atoms with Crippen molar-refractivity contribution in [2.45, 2.75) is 42.5 Å². The van der Waals surface area contributed by atoms with E-state index in [0.717, 1.165) is 22.7 Å². The number of nitrogens with one attached hydrogen (secondary N) is 3. The van der Waals surface area contributed by atoms with Crippen molar-refractivity contribution in [3.8, 4) is 0 Å². The van der Waals surface area contributed by atoms with E-state index in [0.29, 0.717) is 23.3 Å². The van der Waals surface area contributed by atoms with Gasteiger partial charge in [-0.25, -0.2) is 4.98 Å². The number of thioether (sulfide) groups is 1. The molecule has 1 aromatic heterocycles. The lowest BCUT2D eigenvalue weighted by atomic mass is 10.3. The molecule has 1 amide bonds. The van der Waals surface area contributed by atoms with Crippen molar-refractivity contribution in [2.75, 3.05) is 5.75 Å². The van der Waals surface area contributed by atoms with Gasteiger partial charge in [0.15, 0.2) is 9.45 Å². The van der Waals surface area contributed by atoms with Crippen LogP contribution in [-0.2, 0) is 4.79 Å². The van der Waals surface area contributed by atoms with Crippen LogP contribution in [0.15, 0.2) is 28.6 Å². The fourth-order valence-corrected chi connectivity index (χ4v) is 4.92. The van der Waals surface area contributed by atoms with Crippen molar-refractivity contribution in [1.82, 2.24) is 21.2 Å². The molecule has 0 aliphatic heterocycles. The van der Waals surface area contributed by atoms with Gasteiger partial charge in [-0.2, -0.15) is 0 Å². The lowest BCUT2D eigenvalue weighted by Crippen LogP contribution is -2.49. The van der Waals surface area contributed by atoms with Gasteiger partial charge < -0.3 is 5.32 Å². The number of thiocarbonyl (C=S) groups is 1. The van der Waals surface area contributed by atoms with Gasteiger partial charge in [0.1, 0.15) is 0 Å². The molecule has 24 heavy (non-hydrogen) atoms. The maximum Gasteiger partial charge on any atom is 0.239 e. The van der Waals surface area contributed by atoms with Gasteiger partial charge in [-0.1, -0.05) is 36.7 Å². The molecule has 3 N–H and O–H groups in total. The summed E-state index contributed by atoms with van der Waals surface area (Å²) in [6.45, 7) is 0. The van der Waals surface area contributed by atoms with E-state index < -0.39 is 0 Å². The first kappa shape index (κ1) is 17.4. The minimum absolute atomic E-state index is 0.0702. The van der Waals surface area contributed by atoms with Crippen molar-refractivity contribution < 1.29 is 4.79 Å². The van der Waals surface area contributed by atoms with Crippen molar-refractivity contribution in [1.29, 1.82) is 0 Å². The molecule has 2 aromatic rings. The van der Waals surface area contributed by atoms with Gasteiger partial charge >= 0.3 is 0 Å². The number of fused-ring (bicyclic) bond motifs is 1. The Balaban J connectivity index is 1.34. The molecule has 3 rings (SSSR count). The summed E-state index contributed by atoms with van der Waals surface area (Å²) >= 11 is 8.45. The number of para-hydroxylation sites is 1. The minimum Gasteiger partial charge on any atom is -0.359 e. The summed E-state index contributed by atoms with van der Waals surface area (Å²) in [7, 11) is 0. The smallest absolute Gasteiger partial charge is 0.239 e. The van der Waals surface area contributed by atoms with E-state index >= 15 is 0 Å². The number of amides is 1. The lowest BCUT2D eigenvalue weighted by Gasteiger charge is -2.15. The van der Waals surface area contributed by atoms with Gasteiger partial charge in [-0.15, -0.1) is 11.3 Å². The minimum atomic E-state index is -0.0702. The summed E-state index contributed by atoms with van der Waals surface area (Å²) in [5.74, 6) is 0.620. The van der Waals surface area contributed by atoms with E-state index in [-0.39, 0.29) is 5.91 Å². The Morgan fingerprint density at radius 3 is 2.88 bits per heavy atom. The van der Waals surface area contributed by atoms with E-state index in [1.165, 1.54) is 17.5 Å². The number of hydrogen-bond acceptors (Lipinski definition) is 5. The summed E-state index contributed by atoms with van der Waals surface area (Å²) in [4.78, 5) is 16.4. The molecule has 0 bridgehead atoms. The largest absolute Gasteiger partial charge is 0.359 e. The normalized spacial score (nSPS) is 14.7. The molecule has 0 saturated heterocycles. The maximum absolute atomic E-state index is 11.9. The first-order valence-electron chi connectivity index (χ1n) is 8.04. The van der Waals surface area contributed by atoms with Gasteiger partial charge in [-0.3, -0.25) is 15.6 Å². The van der Waals surface area contributed by atoms with E-state index in [2.05, 4.69) is 27.2 Å². The zero-order valence-electron chi connectivity index (χ0n) is 13.2. The zero-order valence-corrected chi connectivity index (χ0v) is 15.7. The Hall–Kier alpha value is -1.38. The van der Waals surface area contributed by atoms with Gasteiger partial charge in [0.2, 0.25) is 5.91 Å². The molecular formula is C16H20N4OS3. The van der Waals surface area contributed by atoms with E-state index in [4.69, 9.17) is 12.2 Å². The summed E-state index contributed by atoms with van der Waals surface area (Å²) in [6, 6.07) is 8.50. The van der Waals surface area contributed by atoms with E-state index in [1.807, 2.05) is 18.2 Å². The number of hydrogen-bond donors (Lipinski definition) is 3. The molecule has 128 valence electrons. The van der Waals surface area contributed by atoms with Crippen LogP contribution in [0.4, 0.5) is 0 Å². The molecule has 1 fully saturated rings.